The highest BCUT2D eigenvalue weighted by atomic mass is 19.1. The first-order valence-corrected chi connectivity index (χ1v) is 12.6. The Labute approximate surface area is 210 Å². The van der Waals surface area contributed by atoms with Gasteiger partial charge in [-0.25, -0.2) is 4.39 Å². The molecule has 0 radical (unpaired) electrons. The van der Waals surface area contributed by atoms with Crippen LogP contribution in [0.4, 0.5) is 4.39 Å². The van der Waals surface area contributed by atoms with E-state index in [1.54, 1.807) is 24.3 Å². The number of carboxylic acids is 1. The number of ketones is 1. The van der Waals surface area contributed by atoms with Crippen LogP contribution < -0.4 is 14.8 Å². The predicted molar refractivity (Wildman–Crippen MR) is 131 cm³/mol. The number of carbonyl (C=O) groups is 3. The number of hydrogen-bond donors (Lipinski definition) is 2. The maximum absolute atomic E-state index is 13.9. The largest absolute Gasteiger partial charge is 0.490 e. The van der Waals surface area contributed by atoms with Crippen molar-refractivity contribution in [2.75, 3.05) is 13.2 Å². The minimum absolute atomic E-state index is 0.00675. The summed E-state index contributed by atoms with van der Waals surface area (Å²) in [6.07, 6.45) is 5.57. The van der Waals surface area contributed by atoms with E-state index in [9.17, 15) is 18.8 Å². The van der Waals surface area contributed by atoms with Crippen molar-refractivity contribution in [3.05, 3.63) is 59.4 Å². The van der Waals surface area contributed by atoms with Gasteiger partial charge in [-0.2, -0.15) is 0 Å². The Hall–Kier alpha value is -3.42. The number of carbonyl (C=O) groups excluding carboxylic acids is 2. The minimum atomic E-state index is -0.741. The molecule has 0 aromatic heterocycles. The summed E-state index contributed by atoms with van der Waals surface area (Å²) in [4.78, 5) is 36.0. The van der Waals surface area contributed by atoms with E-state index in [0.717, 1.165) is 12.8 Å². The molecule has 2 aromatic carbocycles. The molecule has 0 unspecified atom stereocenters. The van der Waals surface area contributed by atoms with E-state index in [0.29, 0.717) is 68.1 Å². The molecule has 2 saturated carbocycles. The topological polar surface area (TPSA) is 102 Å². The van der Waals surface area contributed by atoms with Crippen LogP contribution in [-0.4, -0.2) is 42.0 Å². The van der Waals surface area contributed by atoms with Gasteiger partial charge in [0.05, 0.1) is 18.6 Å². The Morgan fingerprint density at radius 2 is 1.64 bits per heavy atom. The summed E-state index contributed by atoms with van der Waals surface area (Å²) in [5, 5.41) is 11.9. The monoisotopic (exact) mass is 497 g/mol. The number of nitrogens with one attached hydrogen (secondary N) is 1. The number of hydrogen-bond acceptors (Lipinski definition) is 5. The van der Waals surface area contributed by atoms with Crippen LogP contribution in [0.15, 0.2) is 42.5 Å². The molecule has 4 rings (SSSR count). The first-order valence-electron chi connectivity index (χ1n) is 12.6. The molecule has 0 bridgehead atoms. The van der Waals surface area contributed by atoms with Crippen LogP contribution >= 0.6 is 0 Å². The SMILES string of the molecule is O=C(CCCNC(=O)c1ccc(F)c(OCC2CC2)c1)c1ccc(OC2CCC(C(=O)O)CC2)cc1. The molecule has 2 N–H and O–H groups in total. The lowest BCUT2D eigenvalue weighted by Gasteiger charge is -2.26. The molecule has 0 aliphatic heterocycles. The zero-order chi connectivity index (χ0) is 25.5. The van der Waals surface area contributed by atoms with Crippen molar-refractivity contribution in [1.29, 1.82) is 0 Å². The van der Waals surface area contributed by atoms with Crippen molar-refractivity contribution in [3.63, 3.8) is 0 Å². The second-order valence-corrected chi connectivity index (χ2v) is 9.64. The average molecular weight is 498 g/mol. The van der Waals surface area contributed by atoms with Gasteiger partial charge in [-0.3, -0.25) is 14.4 Å². The van der Waals surface area contributed by atoms with Crippen LogP contribution in [-0.2, 0) is 4.79 Å². The van der Waals surface area contributed by atoms with E-state index in [2.05, 4.69) is 5.32 Å². The van der Waals surface area contributed by atoms with Crippen molar-refractivity contribution in [1.82, 2.24) is 5.32 Å². The Bertz CT molecular complexity index is 1070. The standard InChI is InChI=1S/C28H32FNO6/c29-24-14-9-21(16-26(24)35-17-18-3-4-18)27(32)30-15-1-2-25(31)19-5-10-22(11-6-19)36-23-12-7-20(8-13-23)28(33)34/h5-6,9-11,14,16,18,20,23H,1-4,7-8,12-13,15,17H2,(H,30,32)(H,33,34). The Kier molecular flexibility index (Phi) is 8.57. The summed E-state index contributed by atoms with van der Waals surface area (Å²) in [5.41, 5.74) is 0.889. The quantitative estimate of drug-likeness (QED) is 0.315. The number of amides is 1. The van der Waals surface area contributed by atoms with Gasteiger partial charge in [-0.05, 0) is 93.3 Å². The van der Waals surface area contributed by atoms with Gasteiger partial charge >= 0.3 is 5.97 Å². The molecule has 2 aromatic rings. The fourth-order valence-electron chi connectivity index (χ4n) is 4.28. The maximum atomic E-state index is 13.9. The second-order valence-electron chi connectivity index (χ2n) is 9.64. The summed E-state index contributed by atoms with van der Waals surface area (Å²) >= 11 is 0. The minimum Gasteiger partial charge on any atom is -0.490 e. The molecule has 7 nitrogen and oxygen atoms in total. The summed E-state index contributed by atoms with van der Waals surface area (Å²) in [6.45, 7) is 0.783. The van der Waals surface area contributed by atoms with E-state index in [4.69, 9.17) is 14.6 Å². The highest BCUT2D eigenvalue weighted by molar-refractivity contribution is 5.96. The molecule has 0 atom stereocenters. The number of benzene rings is 2. The first kappa shape index (κ1) is 25.7. The van der Waals surface area contributed by atoms with Crippen LogP contribution in [0.25, 0.3) is 0 Å². The van der Waals surface area contributed by atoms with Crippen molar-refractivity contribution in [3.8, 4) is 11.5 Å². The zero-order valence-electron chi connectivity index (χ0n) is 20.2. The first-order chi connectivity index (χ1) is 17.4. The van der Waals surface area contributed by atoms with Gasteiger partial charge in [0.1, 0.15) is 5.75 Å². The molecule has 0 heterocycles. The third-order valence-electron chi connectivity index (χ3n) is 6.73. The molecule has 1 amide bonds. The zero-order valence-corrected chi connectivity index (χ0v) is 20.2. The fraction of sp³-hybridized carbons (Fsp3) is 0.464. The maximum Gasteiger partial charge on any atom is 0.306 e. The van der Waals surface area contributed by atoms with E-state index >= 15 is 0 Å². The van der Waals surface area contributed by atoms with Crippen molar-refractivity contribution in [2.24, 2.45) is 11.8 Å². The summed E-state index contributed by atoms with van der Waals surface area (Å²) in [5.74, 6) is -0.647. The molecule has 2 aliphatic rings. The fourth-order valence-corrected chi connectivity index (χ4v) is 4.28. The Morgan fingerprint density at radius 3 is 2.31 bits per heavy atom. The van der Waals surface area contributed by atoms with E-state index in [1.165, 1.54) is 18.2 Å². The summed E-state index contributed by atoms with van der Waals surface area (Å²) < 4.78 is 25.4. The van der Waals surface area contributed by atoms with E-state index in [-0.39, 0.29) is 35.9 Å². The number of Topliss-reactive ketones (excluding diaryl/α,β-unsaturated/α-hetero) is 1. The molecule has 192 valence electrons. The number of carboxylic acid groups (broad SMARTS) is 1. The van der Waals surface area contributed by atoms with Gasteiger partial charge in [0.15, 0.2) is 17.3 Å². The van der Waals surface area contributed by atoms with Crippen LogP contribution in [0.1, 0.15) is 72.1 Å². The van der Waals surface area contributed by atoms with Gasteiger partial charge in [0.25, 0.3) is 5.91 Å². The van der Waals surface area contributed by atoms with Crippen molar-refractivity contribution < 1.29 is 33.4 Å². The lowest BCUT2D eigenvalue weighted by Crippen LogP contribution is -2.27. The molecule has 0 spiro atoms. The average Bonchev–Trinajstić information content (AvgIpc) is 3.71. The van der Waals surface area contributed by atoms with Gasteiger partial charge < -0.3 is 19.9 Å². The smallest absolute Gasteiger partial charge is 0.306 e. The molecular weight excluding hydrogens is 465 g/mol. The van der Waals surface area contributed by atoms with Gasteiger partial charge in [-0.15, -0.1) is 0 Å². The molecule has 36 heavy (non-hydrogen) atoms. The van der Waals surface area contributed by atoms with Crippen LogP contribution in [0.3, 0.4) is 0 Å². The number of halogens is 1. The van der Waals surface area contributed by atoms with Crippen LogP contribution in [0.2, 0.25) is 0 Å². The number of aliphatic carboxylic acids is 1. The van der Waals surface area contributed by atoms with Crippen molar-refractivity contribution >= 4 is 17.7 Å². The highest BCUT2D eigenvalue weighted by Crippen LogP contribution is 2.30. The van der Waals surface area contributed by atoms with E-state index in [1.807, 2.05) is 0 Å². The van der Waals surface area contributed by atoms with Crippen LogP contribution in [0, 0.1) is 17.7 Å². The van der Waals surface area contributed by atoms with Crippen LogP contribution in [0.5, 0.6) is 11.5 Å². The lowest BCUT2D eigenvalue weighted by atomic mass is 9.87. The third kappa shape index (κ3) is 7.29. The normalized spacial score (nSPS) is 19.4. The lowest BCUT2D eigenvalue weighted by molar-refractivity contribution is -0.143. The van der Waals surface area contributed by atoms with Crippen molar-refractivity contribution in [2.45, 2.75) is 57.5 Å². The Balaban J connectivity index is 1.17. The molecule has 2 aliphatic carbocycles. The third-order valence-corrected chi connectivity index (χ3v) is 6.73. The van der Waals surface area contributed by atoms with Gasteiger partial charge in [-0.1, -0.05) is 0 Å². The predicted octanol–water partition coefficient (Wildman–Crippen LogP) is 5.03. The number of ether oxygens (including phenoxy) is 2. The van der Waals surface area contributed by atoms with E-state index < -0.39 is 11.8 Å². The molecule has 8 heteroatoms. The summed E-state index contributed by atoms with van der Waals surface area (Å²) in [7, 11) is 0. The molecule has 0 saturated heterocycles. The Morgan fingerprint density at radius 1 is 0.944 bits per heavy atom. The summed E-state index contributed by atoms with van der Waals surface area (Å²) in [6, 6.07) is 11.0. The van der Waals surface area contributed by atoms with Gasteiger partial charge in [0, 0.05) is 24.1 Å². The molecule has 2 fully saturated rings. The second kappa shape index (κ2) is 12.0. The van der Waals surface area contributed by atoms with Gasteiger partial charge in [0.2, 0.25) is 0 Å². The highest BCUT2D eigenvalue weighted by Gasteiger charge is 2.27. The molecular formula is C28H32FNO6. The number of rotatable bonds is 12.